The highest BCUT2D eigenvalue weighted by Crippen LogP contribution is 2.14. The van der Waals surface area contributed by atoms with E-state index in [0.29, 0.717) is 0 Å². The predicted molar refractivity (Wildman–Crippen MR) is 85.6 cm³/mol. The molecule has 0 atom stereocenters. The topological polar surface area (TPSA) is 41.7 Å². The van der Waals surface area contributed by atoms with Crippen LogP contribution >= 0.6 is 12.4 Å². The van der Waals surface area contributed by atoms with E-state index in [1.54, 1.807) is 0 Å². The maximum atomic E-state index is 5.59. The van der Waals surface area contributed by atoms with Crippen LogP contribution in [-0.4, -0.2) is 55.7 Å². The van der Waals surface area contributed by atoms with Gasteiger partial charge in [-0.3, -0.25) is 9.80 Å². The molecular formula is C15H26ClN3O. The number of hydrogen-bond donors (Lipinski definition) is 1. The summed E-state index contributed by atoms with van der Waals surface area (Å²) in [4.78, 5) is 4.94. The van der Waals surface area contributed by atoms with Crippen molar-refractivity contribution in [1.29, 1.82) is 0 Å². The highest BCUT2D eigenvalue weighted by atomic mass is 35.5. The minimum absolute atomic E-state index is 0. The summed E-state index contributed by atoms with van der Waals surface area (Å²) in [6.45, 7) is 10.1. The molecule has 0 aromatic heterocycles. The van der Waals surface area contributed by atoms with Crippen molar-refractivity contribution in [3.8, 4) is 5.75 Å². The molecule has 0 spiro atoms. The van der Waals surface area contributed by atoms with Crippen LogP contribution in [0.2, 0.25) is 0 Å². The van der Waals surface area contributed by atoms with Crippen LogP contribution in [0.25, 0.3) is 0 Å². The van der Waals surface area contributed by atoms with Crippen molar-refractivity contribution in [1.82, 2.24) is 9.80 Å². The molecule has 0 amide bonds. The molecule has 1 saturated heterocycles. The molecule has 0 aliphatic carbocycles. The van der Waals surface area contributed by atoms with E-state index in [1.165, 1.54) is 5.56 Å². The molecule has 1 aromatic carbocycles. The van der Waals surface area contributed by atoms with Gasteiger partial charge in [-0.15, -0.1) is 12.4 Å². The van der Waals surface area contributed by atoms with Gasteiger partial charge in [-0.1, -0.05) is 12.1 Å². The first-order valence-electron chi connectivity index (χ1n) is 7.18. The molecule has 1 aromatic rings. The molecule has 2 rings (SSSR count). The van der Waals surface area contributed by atoms with Gasteiger partial charge < -0.3 is 10.5 Å². The fourth-order valence-corrected chi connectivity index (χ4v) is 2.47. The molecule has 0 unspecified atom stereocenters. The zero-order valence-electron chi connectivity index (χ0n) is 12.3. The molecule has 2 N–H and O–H groups in total. The van der Waals surface area contributed by atoms with Crippen LogP contribution < -0.4 is 10.5 Å². The van der Waals surface area contributed by atoms with Crippen LogP contribution in [0.3, 0.4) is 0 Å². The van der Waals surface area contributed by atoms with Gasteiger partial charge in [0.25, 0.3) is 0 Å². The van der Waals surface area contributed by atoms with Crippen LogP contribution in [-0.2, 0) is 6.54 Å². The molecule has 0 saturated carbocycles. The molecule has 1 aliphatic rings. The molecule has 5 heteroatoms. The van der Waals surface area contributed by atoms with Gasteiger partial charge in [0.15, 0.2) is 0 Å². The van der Waals surface area contributed by atoms with E-state index >= 15 is 0 Å². The van der Waals surface area contributed by atoms with Crippen LogP contribution in [0, 0.1) is 0 Å². The minimum Gasteiger partial charge on any atom is -0.494 e. The van der Waals surface area contributed by atoms with Crippen molar-refractivity contribution in [2.24, 2.45) is 5.73 Å². The first-order valence-corrected chi connectivity index (χ1v) is 7.18. The Kier molecular flexibility index (Phi) is 7.92. The van der Waals surface area contributed by atoms with Crippen molar-refractivity contribution < 1.29 is 4.74 Å². The van der Waals surface area contributed by atoms with Crippen LogP contribution in [0.15, 0.2) is 24.3 Å². The molecule has 20 heavy (non-hydrogen) atoms. The molecule has 4 nitrogen and oxygen atoms in total. The van der Waals surface area contributed by atoms with Gasteiger partial charge in [0.05, 0.1) is 6.61 Å². The van der Waals surface area contributed by atoms with Gasteiger partial charge in [0, 0.05) is 45.8 Å². The van der Waals surface area contributed by atoms with E-state index in [-0.39, 0.29) is 12.4 Å². The van der Waals surface area contributed by atoms with Gasteiger partial charge >= 0.3 is 0 Å². The lowest BCUT2D eigenvalue weighted by Crippen LogP contribution is -2.47. The summed E-state index contributed by atoms with van der Waals surface area (Å²) in [5.41, 5.74) is 6.95. The molecule has 114 valence electrons. The minimum atomic E-state index is 0. The van der Waals surface area contributed by atoms with Crippen molar-refractivity contribution in [3.63, 3.8) is 0 Å². The van der Waals surface area contributed by atoms with Gasteiger partial charge in [-0.2, -0.15) is 0 Å². The van der Waals surface area contributed by atoms with Gasteiger partial charge in [-0.05, 0) is 24.6 Å². The SMILES string of the molecule is CCOc1ccc(CN2CCN(CCN)CC2)cc1.Cl. The third-order valence-corrected chi connectivity index (χ3v) is 3.55. The summed E-state index contributed by atoms with van der Waals surface area (Å²) < 4.78 is 5.46. The van der Waals surface area contributed by atoms with Crippen molar-refractivity contribution in [2.75, 3.05) is 45.9 Å². The standard InChI is InChI=1S/C15H25N3O.ClH/c1-2-19-15-5-3-14(4-6-15)13-18-11-9-17(8-7-16)10-12-18;/h3-6H,2,7-13,16H2,1H3;1H. The maximum absolute atomic E-state index is 5.59. The number of piperazine rings is 1. The van der Waals surface area contributed by atoms with Crippen LogP contribution in [0.4, 0.5) is 0 Å². The lowest BCUT2D eigenvalue weighted by Gasteiger charge is -2.34. The largest absolute Gasteiger partial charge is 0.494 e. The predicted octanol–water partition coefficient (Wildman–Crippen LogP) is 1.58. The van der Waals surface area contributed by atoms with E-state index < -0.39 is 0 Å². The lowest BCUT2D eigenvalue weighted by atomic mass is 10.2. The second kappa shape index (κ2) is 9.19. The quantitative estimate of drug-likeness (QED) is 0.866. The Morgan fingerprint density at radius 2 is 1.65 bits per heavy atom. The maximum Gasteiger partial charge on any atom is 0.119 e. The van der Waals surface area contributed by atoms with E-state index in [1.807, 2.05) is 6.92 Å². The zero-order valence-corrected chi connectivity index (χ0v) is 13.1. The van der Waals surface area contributed by atoms with Gasteiger partial charge in [-0.25, -0.2) is 0 Å². The number of rotatable bonds is 6. The first-order chi connectivity index (χ1) is 9.31. The number of hydrogen-bond acceptors (Lipinski definition) is 4. The van der Waals surface area contributed by atoms with Crippen LogP contribution in [0.5, 0.6) is 5.75 Å². The zero-order chi connectivity index (χ0) is 13.5. The van der Waals surface area contributed by atoms with Gasteiger partial charge in [0.2, 0.25) is 0 Å². The average molecular weight is 300 g/mol. The molecule has 0 bridgehead atoms. The van der Waals surface area contributed by atoms with Crippen molar-refractivity contribution in [2.45, 2.75) is 13.5 Å². The highest BCUT2D eigenvalue weighted by molar-refractivity contribution is 5.85. The van der Waals surface area contributed by atoms with Gasteiger partial charge in [0.1, 0.15) is 5.75 Å². The Labute approximate surface area is 128 Å². The molecule has 1 fully saturated rings. The van der Waals surface area contributed by atoms with E-state index in [2.05, 4.69) is 34.1 Å². The summed E-state index contributed by atoms with van der Waals surface area (Å²) in [7, 11) is 0. The number of benzene rings is 1. The molecule has 1 aliphatic heterocycles. The summed E-state index contributed by atoms with van der Waals surface area (Å²) in [5, 5.41) is 0. The number of nitrogens with zero attached hydrogens (tertiary/aromatic N) is 2. The average Bonchev–Trinajstić information content (AvgIpc) is 2.44. The summed E-state index contributed by atoms with van der Waals surface area (Å²) in [6, 6.07) is 8.45. The molecule has 1 heterocycles. The second-order valence-electron chi connectivity index (χ2n) is 4.98. The fraction of sp³-hybridized carbons (Fsp3) is 0.600. The fourth-order valence-electron chi connectivity index (χ4n) is 2.47. The first kappa shape index (κ1) is 17.2. The van der Waals surface area contributed by atoms with E-state index in [9.17, 15) is 0 Å². The summed E-state index contributed by atoms with van der Waals surface area (Å²) in [5.74, 6) is 0.957. The van der Waals surface area contributed by atoms with E-state index in [4.69, 9.17) is 10.5 Å². The smallest absolute Gasteiger partial charge is 0.119 e. The molecular weight excluding hydrogens is 274 g/mol. The number of ether oxygens (including phenoxy) is 1. The lowest BCUT2D eigenvalue weighted by molar-refractivity contribution is 0.130. The van der Waals surface area contributed by atoms with E-state index in [0.717, 1.165) is 58.2 Å². The third-order valence-electron chi connectivity index (χ3n) is 3.55. The summed E-state index contributed by atoms with van der Waals surface area (Å²) >= 11 is 0. The highest BCUT2D eigenvalue weighted by Gasteiger charge is 2.15. The number of nitrogens with two attached hydrogens (primary N) is 1. The Morgan fingerprint density at radius 1 is 1.05 bits per heavy atom. The Hall–Kier alpha value is -0.810. The number of halogens is 1. The van der Waals surface area contributed by atoms with Crippen molar-refractivity contribution >= 4 is 12.4 Å². The van der Waals surface area contributed by atoms with Crippen LogP contribution in [0.1, 0.15) is 12.5 Å². The summed E-state index contributed by atoms with van der Waals surface area (Å²) in [6.07, 6.45) is 0. The normalized spacial score (nSPS) is 16.7. The van der Waals surface area contributed by atoms with Crippen molar-refractivity contribution in [3.05, 3.63) is 29.8 Å². The monoisotopic (exact) mass is 299 g/mol. The Balaban J connectivity index is 0.00000200. The third kappa shape index (κ3) is 5.29. The Morgan fingerprint density at radius 3 is 2.20 bits per heavy atom. The Bertz CT molecular complexity index is 364. The second-order valence-corrected chi connectivity index (χ2v) is 4.98. The molecule has 0 radical (unpaired) electrons.